The first kappa shape index (κ1) is 18.5. The Kier molecular flexibility index (Phi) is 5.49. The van der Waals surface area contributed by atoms with Crippen LogP contribution in [0, 0.1) is 6.92 Å². The maximum Gasteiger partial charge on any atom is 0.0595 e. The van der Waals surface area contributed by atoms with Gasteiger partial charge < -0.3 is 4.57 Å². The molecule has 0 fully saturated rings. The van der Waals surface area contributed by atoms with E-state index in [2.05, 4.69) is 66.2 Å². The van der Waals surface area contributed by atoms with Crippen molar-refractivity contribution >= 4 is 45.9 Å². The third kappa shape index (κ3) is 4.03. The second-order valence-electron chi connectivity index (χ2n) is 6.60. The van der Waals surface area contributed by atoms with Crippen LogP contribution in [0.2, 0.25) is 10.0 Å². The van der Waals surface area contributed by atoms with Crippen molar-refractivity contribution in [3.05, 3.63) is 99.7 Å². The van der Waals surface area contributed by atoms with E-state index in [1.54, 1.807) is 0 Å². The van der Waals surface area contributed by atoms with Gasteiger partial charge in [0.25, 0.3) is 0 Å². The van der Waals surface area contributed by atoms with Gasteiger partial charge in [-0.2, -0.15) is 0 Å². The molecule has 0 saturated heterocycles. The Hall–Kier alpha value is -1.87. The van der Waals surface area contributed by atoms with Crippen LogP contribution in [0.25, 0.3) is 10.9 Å². The lowest BCUT2D eigenvalue weighted by atomic mass is 10.1. The van der Waals surface area contributed by atoms with Crippen LogP contribution in [-0.2, 0) is 12.3 Å². The summed E-state index contributed by atoms with van der Waals surface area (Å²) in [6.45, 7) is 3.04. The van der Waals surface area contributed by atoms with Gasteiger partial charge in [-0.15, -0.1) is 11.8 Å². The zero-order chi connectivity index (χ0) is 18.8. The fourth-order valence-electron chi connectivity index (χ4n) is 3.22. The third-order valence-corrected chi connectivity index (χ3v) is 6.59. The van der Waals surface area contributed by atoms with Gasteiger partial charge in [0.15, 0.2) is 0 Å². The highest BCUT2D eigenvalue weighted by Crippen LogP contribution is 2.34. The maximum absolute atomic E-state index is 6.15. The number of rotatable bonds is 5. The van der Waals surface area contributed by atoms with Crippen LogP contribution in [-0.4, -0.2) is 4.57 Å². The summed E-state index contributed by atoms with van der Waals surface area (Å²) in [6.07, 6.45) is 2.26. The Morgan fingerprint density at radius 1 is 0.889 bits per heavy atom. The predicted molar refractivity (Wildman–Crippen MR) is 118 cm³/mol. The number of aromatic nitrogens is 1. The summed E-state index contributed by atoms with van der Waals surface area (Å²) in [6, 6.07) is 23.0. The van der Waals surface area contributed by atoms with Gasteiger partial charge in [-0.25, -0.2) is 0 Å². The minimum Gasteiger partial charge on any atom is -0.342 e. The maximum atomic E-state index is 6.15. The monoisotopic (exact) mass is 411 g/mol. The summed E-state index contributed by atoms with van der Waals surface area (Å²) < 4.78 is 2.34. The number of aryl methyl sites for hydroxylation is 1. The van der Waals surface area contributed by atoms with E-state index in [4.69, 9.17) is 23.2 Å². The van der Waals surface area contributed by atoms with Crippen molar-refractivity contribution in [1.82, 2.24) is 4.57 Å². The Morgan fingerprint density at radius 2 is 1.67 bits per heavy atom. The highest BCUT2D eigenvalue weighted by molar-refractivity contribution is 7.98. The molecule has 0 bridgehead atoms. The number of hydrogen-bond acceptors (Lipinski definition) is 1. The number of fused-ring (bicyclic) bond motifs is 1. The highest BCUT2D eigenvalue weighted by Gasteiger charge is 2.10. The molecule has 27 heavy (non-hydrogen) atoms. The van der Waals surface area contributed by atoms with Gasteiger partial charge in [-0.05, 0) is 41.8 Å². The fourth-order valence-corrected chi connectivity index (χ4v) is 4.57. The molecular formula is C23H19Cl2NS. The molecule has 4 heteroatoms. The molecule has 1 heterocycles. The second kappa shape index (κ2) is 8.02. The largest absolute Gasteiger partial charge is 0.342 e. The molecule has 136 valence electrons. The zero-order valence-electron chi connectivity index (χ0n) is 15.0. The van der Waals surface area contributed by atoms with Gasteiger partial charge in [-0.1, -0.05) is 71.7 Å². The Bertz CT molecular complexity index is 1100. The number of benzene rings is 3. The van der Waals surface area contributed by atoms with Gasteiger partial charge >= 0.3 is 0 Å². The molecule has 4 rings (SSSR count). The number of para-hydroxylation sites is 1. The summed E-state index contributed by atoms with van der Waals surface area (Å²) in [5.41, 5.74) is 5.10. The Balaban J connectivity index is 1.63. The summed E-state index contributed by atoms with van der Waals surface area (Å²) in [5, 5.41) is 2.49. The quantitative estimate of drug-likeness (QED) is 0.306. The molecule has 0 aliphatic carbocycles. The normalized spacial score (nSPS) is 11.2. The summed E-state index contributed by atoms with van der Waals surface area (Å²) in [4.78, 5) is 1.28. The van der Waals surface area contributed by atoms with Gasteiger partial charge in [0, 0.05) is 34.3 Å². The first-order chi connectivity index (χ1) is 13.1. The zero-order valence-corrected chi connectivity index (χ0v) is 17.3. The average molecular weight is 412 g/mol. The van der Waals surface area contributed by atoms with Crippen LogP contribution < -0.4 is 0 Å². The van der Waals surface area contributed by atoms with E-state index in [0.717, 1.165) is 12.3 Å². The van der Waals surface area contributed by atoms with Gasteiger partial charge in [0.05, 0.1) is 10.0 Å². The van der Waals surface area contributed by atoms with Gasteiger partial charge in [0.1, 0.15) is 0 Å². The van der Waals surface area contributed by atoms with Crippen LogP contribution in [0.3, 0.4) is 0 Å². The van der Waals surface area contributed by atoms with E-state index >= 15 is 0 Å². The van der Waals surface area contributed by atoms with Crippen molar-refractivity contribution in [2.24, 2.45) is 0 Å². The van der Waals surface area contributed by atoms with Crippen LogP contribution in [0.15, 0.2) is 77.8 Å². The lowest BCUT2D eigenvalue weighted by molar-refractivity contribution is 0.824. The molecule has 4 aromatic rings. The van der Waals surface area contributed by atoms with Crippen LogP contribution >= 0.6 is 35.0 Å². The van der Waals surface area contributed by atoms with Crippen molar-refractivity contribution in [3.8, 4) is 0 Å². The summed E-state index contributed by atoms with van der Waals surface area (Å²) >= 11 is 14.0. The molecule has 0 radical (unpaired) electrons. The Labute approximate surface area is 173 Å². The molecule has 0 N–H and O–H groups in total. The van der Waals surface area contributed by atoms with Crippen LogP contribution in [0.4, 0.5) is 0 Å². The standard InChI is InChI=1S/C23H19Cl2NS/c1-16-6-2-3-7-18(16)13-26-14-23(19-8-4-5-9-22(19)26)27-15-17-10-11-20(24)21(25)12-17/h2-12,14H,13,15H2,1H3. The van der Waals surface area contributed by atoms with Crippen LogP contribution in [0.1, 0.15) is 16.7 Å². The van der Waals surface area contributed by atoms with E-state index in [1.165, 1.54) is 32.5 Å². The van der Waals surface area contributed by atoms with Crippen molar-refractivity contribution in [3.63, 3.8) is 0 Å². The lowest BCUT2D eigenvalue weighted by Gasteiger charge is -2.08. The van der Waals surface area contributed by atoms with Crippen molar-refractivity contribution in [1.29, 1.82) is 0 Å². The van der Waals surface area contributed by atoms with Crippen LogP contribution in [0.5, 0.6) is 0 Å². The number of nitrogens with zero attached hydrogens (tertiary/aromatic N) is 1. The van der Waals surface area contributed by atoms with E-state index in [9.17, 15) is 0 Å². The third-order valence-electron chi connectivity index (χ3n) is 4.73. The van der Waals surface area contributed by atoms with Crippen molar-refractivity contribution in [2.45, 2.75) is 24.1 Å². The molecule has 1 aromatic heterocycles. The molecule has 0 aliphatic heterocycles. The molecule has 0 saturated carbocycles. The molecule has 3 aromatic carbocycles. The molecule has 1 nitrogen and oxygen atoms in total. The van der Waals surface area contributed by atoms with E-state index in [1.807, 2.05) is 30.0 Å². The predicted octanol–water partition coefficient (Wildman–Crippen LogP) is 7.60. The smallest absolute Gasteiger partial charge is 0.0595 e. The van der Waals surface area contributed by atoms with Crippen molar-refractivity contribution < 1.29 is 0 Å². The molecule has 0 spiro atoms. The lowest BCUT2D eigenvalue weighted by Crippen LogP contribution is -1.99. The topological polar surface area (TPSA) is 4.93 Å². The first-order valence-electron chi connectivity index (χ1n) is 8.81. The highest BCUT2D eigenvalue weighted by atomic mass is 35.5. The molecule has 0 amide bonds. The minimum atomic E-state index is 0.597. The minimum absolute atomic E-state index is 0.597. The number of thioether (sulfide) groups is 1. The first-order valence-corrected chi connectivity index (χ1v) is 10.5. The average Bonchev–Trinajstić information content (AvgIpc) is 3.02. The summed E-state index contributed by atoms with van der Waals surface area (Å²) in [5.74, 6) is 0.856. The van der Waals surface area contributed by atoms with E-state index < -0.39 is 0 Å². The Morgan fingerprint density at radius 3 is 2.48 bits per heavy atom. The van der Waals surface area contributed by atoms with Crippen molar-refractivity contribution in [2.75, 3.05) is 0 Å². The molecule has 0 aliphatic rings. The fraction of sp³-hybridized carbons (Fsp3) is 0.130. The number of hydrogen-bond donors (Lipinski definition) is 0. The van der Waals surface area contributed by atoms with Gasteiger partial charge in [-0.3, -0.25) is 0 Å². The molecule has 0 unspecified atom stereocenters. The van der Waals surface area contributed by atoms with E-state index in [-0.39, 0.29) is 0 Å². The molecule has 0 atom stereocenters. The SMILES string of the molecule is Cc1ccccc1Cn1cc(SCc2ccc(Cl)c(Cl)c2)c2ccccc21. The molecular weight excluding hydrogens is 393 g/mol. The summed E-state index contributed by atoms with van der Waals surface area (Å²) in [7, 11) is 0. The van der Waals surface area contributed by atoms with Gasteiger partial charge in [0.2, 0.25) is 0 Å². The number of halogens is 2. The second-order valence-corrected chi connectivity index (χ2v) is 8.43. The van der Waals surface area contributed by atoms with E-state index in [0.29, 0.717) is 10.0 Å².